The molecular weight excluding hydrogens is 260 g/mol. The third-order valence-electron chi connectivity index (χ3n) is 5.22. The lowest BCUT2D eigenvalue weighted by Gasteiger charge is -2.38. The zero-order chi connectivity index (χ0) is 14.7. The summed E-state index contributed by atoms with van der Waals surface area (Å²) in [6, 6.07) is 9.39. The van der Waals surface area contributed by atoms with Crippen molar-refractivity contribution in [2.45, 2.75) is 38.3 Å². The number of nitrogens with zero attached hydrogens (tertiary/aromatic N) is 1. The molecule has 2 heterocycles. The van der Waals surface area contributed by atoms with E-state index in [2.05, 4.69) is 48.5 Å². The Bertz CT molecular complexity index is 462. The summed E-state index contributed by atoms with van der Waals surface area (Å²) in [5, 5.41) is 3.42. The Labute approximate surface area is 128 Å². The smallest absolute Gasteiger partial charge is 0.0954 e. The van der Waals surface area contributed by atoms with E-state index in [0.29, 0.717) is 6.04 Å². The lowest BCUT2D eigenvalue weighted by molar-refractivity contribution is 0.00493. The molecule has 0 spiro atoms. The zero-order valence-electron chi connectivity index (χ0n) is 13.3. The number of ether oxygens (including phenoxy) is 1. The Morgan fingerprint density at radius 2 is 2.24 bits per heavy atom. The van der Waals surface area contributed by atoms with Crippen molar-refractivity contribution in [2.75, 3.05) is 33.3 Å². The molecule has 0 bridgehead atoms. The number of fused-ring (bicyclic) bond motifs is 1. The van der Waals surface area contributed by atoms with Gasteiger partial charge < -0.3 is 15.0 Å². The molecule has 1 N–H and O–H groups in total. The molecule has 116 valence electrons. The minimum Gasteiger partial charge on any atom is -0.372 e. The summed E-state index contributed by atoms with van der Waals surface area (Å²) in [6.45, 7) is 6.63. The van der Waals surface area contributed by atoms with Crippen LogP contribution in [0.25, 0.3) is 0 Å². The highest BCUT2D eigenvalue weighted by molar-refractivity contribution is 5.31. The van der Waals surface area contributed by atoms with Gasteiger partial charge in [-0.05, 0) is 56.8 Å². The highest BCUT2D eigenvalue weighted by atomic mass is 16.5. The van der Waals surface area contributed by atoms with Gasteiger partial charge in [-0.1, -0.05) is 24.3 Å². The van der Waals surface area contributed by atoms with E-state index in [1.165, 1.54) is 37.1 Å². The summed E-state index contributed by atoms with van der Waals surface area (Å²) in [6.07, 6.45) is 3.98. The normalized spacial score (nSPS) is 28.1. The topological polar surface area (TPSA) is 24.5 Å². The molecule has 0 aliphatic carbocycles. The van der Waals surface area contributed by atoms with E-state index in [0.717, 1.165) is 25.5 Å². The predicted molar refractivity (Wildman–Crippen MR) is 86.5 cm³/mol. The number of rotatable bonds is 4. The molecule has 3 rings (SSSR count). The number of nitrogens with one attached hydrogen (secondary N) is 1. The molecule has 3 nitrogen and oxygen atoms in total. The Morgan fingerprint density at radius 3 is 3.10 bits per heavy atom. The van der Waals surface area contributed by atoms with Crippen LogP contribution in [0.5, 0.6) is 0 Å². The third-order valence-corrected chi connectivity index (χ3v) is 5.22. The van der Waals surface area contributed by atoms with E-state index >= 15 is 0 Å². The van der Waals surface area contributed by atoms with Crippen LogP contribution in [0.4, 0.5) is 0 Å². The van der Waals surface area contributed by atoms with Gasteiger partial charge in [-0.3, -0.25) is 0 Å². The fourth-order valence-electron chi connectivity index (χ4n) is 3.76. The summed E-state index contributed by atoms with van der Waals surface area (Å²) in [5.41, 5.74) is 2.89. The number of likely N-dealkylation sites (tertiary alicyclic amines) is 1. The van der Waals surface area contributed by atoms with Crippen molar-refractivity contribution in [3.05, 3.63) is 35.4 Å². The van der Waals surface area contributed by atoms with Gasteiger partial charge in [-0.25, -0.2) is 0 Å². The van der Waals surface area contributed by atoms with Crippen molar-refractivity contribution in [1.82, 2.24) is 10.2 Å². The van der Waals surface area contributed by atoms with Crippen LogP contribution in [-0.4, -0.2) is 44.2 Å². The molecule has 3 unspecified atom stereocenters. The van der Waals surface area contributed by atoms with Crippen LogP contribution in [0.3, 0.4) is 0 Å². The molecule has 3 atom stereocenters. The van der Waals surface area contributed by atoms with Gasteiger partial charge in [0.25, 0.3) is 0 Å². The van der Waals surface area contributed by atoms with Crippen molar-refractivity contribution >= 4 is 0 Å². The van der Waals surface area contributed by atoms with Crippen molar-refractivity contribution in [3.63, 3.8) is 0 Å². The Balaban J connectivity index is 1.64. The highest BCUT2D eigenvalue weighted by Gasteiger charge is 2.28. The molecule has 0 aromatic heterocycles. The molecule has 21 heavy (non-hydrogen) atoms. The first-order valence-corrected chi connectivity index (χ1v) is 8.37. The Morgan fingerprint density at radius 1 is 1.38 bits per heavy atom. The second-order valence-electron chi connectivity index (χ2n) is 6.55. The second-order valence-corrected chi connectivity index (χ2v) is 6.55. The first-order valence-electron chi connectivity index (χ1n) is 8.37. The van der Waals surface area contributed by atoms with Crippen LogP contribution in [0.1, 0.15) is 37.0 Å². The Hall–Kier alpha value is -0.900. The van der Waals surface area contributed by atoms with E-state index in [9.17, 15) is 0 Å². The molecule has 2 aliphatic rings. The maximum atomic E-state index is 6.07. The van der Waals surface area contributed by atoms with E-state index in [1.807, 2.05) is 0 Å². The molecule has 0 saturated carbocycles. The van der Waals surface area contributed by atoms with E-state index in [-0.39, 0.29) is 6.10 Å². The molecule has 0 amide bonds. The van der Waals surface area contributed by atoms with Crippen LogP contribution in [0.2, 0.25) is 0 Å². The van der Waals surface area contributed by atoms with Gasteiger partial charge in [0.2, 0.25) is 0 Å². The second kappa shape index (κ2) is 6.91. The number of hydrogen-bond acceptors (Lipinski definition) is 3. The first-order chi connectivity index (χ1) is 10.3. The van der Waals surface area contributed by atoms with E-state index in [4.69, 9.17) is 4.74 Å². The lowest BCUT2D eigenvalue weighted by Crippen LogP contribution is -2.45. The molecule has 1 aromatic rings. The summed E-state index contributed by atoms with van der Waals surface area (Å²) in [7, 11) is 2.07. The van der Waals surface area contributed by atoms with Crippen molar-refractivity contribution in [1.29, 1.82) is 0 Å². The SMILES string of the molecule is CNC(C)C1CCCN(CC2OCCc3ccccc32)C1. The summed E-state index contributed by atoms with van der Waals surface area (Å²) in [4.78, 5) is 2.61. The van der Waals surface area contributed by atoms with Gasteiger partial charge in [0.1, 0.15) is 0 Å². The van der Waals surface area contributed by atoms with Gasteiger partial charge >= 0.3 is 0 Å². The number of benzene rings is 1. The number of piperidine rings is 1. The summed E-state index contributed by atoms with van der Waals surface area (Å²) >= 11 is 0. The van der Waals surface area contributed by atoms with E-state index < -0.39 is 0 Å². The first kappa shape index (κ1) is 15.0. The van der Waals surface area contributed by atoms with Crippen molar-refractivity contribution in [2.24, 2.45) is 5.92 Å². The summed E-state index contributed by atoms with van der Waals surface area (Å²) in [5.74, 6) is 0.766. The Kier molecular flexibility index (Phi) is 4.94. The predicted octanol–water partition coefficient (Wildman–Crippen LogP) is 2.62. The average Bonchev–Trinajstić information content (AvgIpc) is 2.55. The summed E-state index contributed by atoms with van der Waals surface area (Å²) < 4.78 is 6.07. The van der Waals surface area contributed by atoms with Gasteiger partial charge in [0.05, 0.1) is 12.7 Å². The monoisotopic (exact) mass is 288 g/mol. The van der Waals surface area contributed by atoms with Crippen LogP contribution in [0.15, 0.2) is 24.3 Å². The van der Waals surface area contributed by atoms with Crippen molar-refractivity contribution < 1.29 is 4.74 Å². The van der Waals surface area contributed by atoms with Gasteiger partial charge in [-0.15, -0.1) is 0 Å². The quantitative estimate of drug-likeness (QED) is 0.922. The van der Waals surface area contributed by atoms with E-state index in [1.54, 1.807) is 0 Å². The fourth-order valence-corrected chi connectivity index (χ4v) is 3.76. The van der Waals surface area contributed by atoms with Crippen LogP contribution < -0.4 is 5.32 Å². The molecule has 0 radical (unpaired) electrons. The minimum absolute atomic E-state index is 0.263. The third kappa shape index (κ3) is 3.47. The van der Waals surface area contributed by atoms with Gasteiger partial charge in [0, 0.05) is 19.1 Å². The van der Waals surface area contributed by atoms with Crippen LogP contribution in [-0.2, 0) is 11.2 Å². The maximum absolute atomic E-state index is 6.07. The average molecular weight is 288 g/mol. The zero-order valence-corrected chi connectivity index (χ0v) is 13.3. The molecule has 1 fully saturated rings. The highest BCUT2D eigenvalue weighted by Crippen LogP contribution is 2.29. The fraction of sp³-hybridized carbons (Fsp3) is 0.667. The van der Waals surface area contributed by atoms with Gasteiger partial charge in [0.15, 0.2) is 0 Å². The molecule has 3 heteroatoms. The largest absolute Gasteiger partial charge is 0.372 e. The molecule has 2 aliphatic heterocycles. The standard InChI is InChI=1S/C18H28N2O/c1-14(19-2)16-7-5-10-20(12-16)13-18-17-8-4-3-6-15(17)9-11-21-18/h3-4,6,8,14,16,18-19H,5,7,9-13H2,1-2H3. The van der Waals surface area contributed by atoms with Crippen LogP contribution >= 0.6 is 0 Å². The van der Waals surface area contributed by atoms with Crippen molar-refractivity contribution in [3.8, 4) is 0 Å². The van der Waals surface area contributed by atoms with Gasteiger partial charge in [-0.2, -0.15) is 0 Å². The van der Waals surface area contributed by atoms with Crippen LogP contribution in [0, 0.1) is 5.92 Å². The molecule has 1 aromatic carbocycles. The number of hydrogen-bond donors (Lipinski definition) is 1. The lowest BCUT2D eigenvalue weighted by atomic mass is 9.90. The molecular formula is C18H28N2O. The minimum atomic E-state index is 0.263. The maximum Gasteiger partial charge on any atom is 0.0954 e. The molecule has 1 saturated heterocycles.